The molecule has 184 valence electrons. The highest BCUT2D eigenvalue weighted by Gasteiger charge is 2.55. The standard InChI is InChI=1S/C21H25N3O8S2/c1-12(26)30-11-31-20(29)13-8-16(22-15(27)9-23(10-25)32-21(2,3)4)34-19-17(18(28)24(13)19)14-6-5-7-33-14/h5-8,10,16-17,19H,9,11H2,1-4H3,(H,22,27)/t16?,17?,19-/m1/s1. The van der Waals surface area contributed by atoms with Crippen molar-refractivity contribution in [1.82, 2.24) is 15.3 Å². The van der Waals surface area contributed by atoms with Gasteiger partial charge in [-0.25, -0.2) is 9.86 Å². The Morgan fingerprint density at radius 3 is 2.59 bits per heavy atom. The molecule has 0 aromatic carbocycles. The van der Waals surface area contributed by atoms with Gasteiger partial charge in [0.1, 0.15) is 23.5 Å². The summed E-state index contributed by atoms with van der Waals surface area (Å²) in [5.41, 5.74) is -0.738. The molecule has 0 radical (unpaired) electrons. The highest BCUT2D eigenvalue weighted by Crippen LogP contribution is 2.49. The topological polar surface area (TPSA) is 132 Å². The molecule has 13 heteroatoms. The van der Waals surface area contributed by atoms with Gasteiger partial charge in [0.15, 0.2) is 0 Å². The third kappa shape index (κ3) is 6.15. The first-order valence-corrected chi connectivity index (χ1v) is 12.1. The molecule has 1 aromatic heterocycles. The molecule has 3 rings (SSSR count). The Morgan fingerprint density at radius 2 is 2.00 bits per heavy atom. The Hall–Kier alpha value is -2.90. The van der Waals surface area contributed by atoms with Crippen molar-refractivity contribution in [2.45, 2.75) is 50.0 Å². The maximum atomic E-state index is 12.9. The number of amides is 3. The van der Waals surface area contributed by atoms with Crippen LogP contribution in [0.2, 0.25) is 0 Å². The van der Waals surface area contributed by atoms with E-state index >= 15 is 0 Å². The van der Waals surface area contributed by atoms with Crippen molar-refractivity contribution in [2.24, 2.45) is 0 Å². The Bertz CT molecular complexity index is 989. The Morgan fingerprint density at radius 1 is 1.26 bits per heavy atom. The van der Waals surface area contributed by atoms with Crippen LogP contribution in [0.25, 0.3) is 0 Å². The van der Waals surface area contributed by atoms with Crippen molar-refractivity contribution in [3.8, 4) is 0 Å². The summed E-state index contributed by atoms with van der Waals surface area (Å²) in [5.74, 6) is -2.77. The minimum absolute atomic E-state index is 0.0582. The number of rotatable bonds is 9. The van der Waals surface area contributed by atoms with Gasteiger partial charge in [0.2, 0.25) is 25.0 Å². The summed E-state index contributed by atoms with van der Waals surface area (Å²) in [4.78, 5) is 67.9. The van der Waals surface area contributed by atoms with Gasteiger partial charge >= 0.3 is 11.9 Å². The first kappa shape index (κ1) is 25.7. The van der Waals surface area contributed by atoms with Gasteiger partial charge in [-0.05, 0) is 38.3 Å². The molecule has 0 aliphatic carbocycles. The van der Waals surface area contributed by atoms with Gasteiger partial charge in [-0.15, -0.1) is 23.1 Å². The number of fused-ring (bicyclic) bond motifs is 1. The zero-order chi connectivity index (χ0) is 25.0. The molecule has 0 bridgehead atoms. The van der Waals surface area contributed by atoms with Crippen LogP contribution in [0.4, 0.5) is 0 Å². The summed E-state index contributed by atoms with van der Waals surface area (Å²) < 4.78 is 9.61. The number of hydrogen-bond acceptors (Lipinski definition) is 10. The van der Waals surface area contributed by atoms with E-state index in [1.165, 1.54) is 41.0 Å². The predicted octanol–water partition coefficient (Wildman–Crippen LogP) is 1.33. The van der Waals surface area contributed by atoms with Crippen LogP contribution >= 0.6 is 23.1 Å². The summed E-state index contributed by atoms with van der Waals surface area (Å²) >= 11 is 2.70. The van der Waals surface area contributed by atoms with Gasteiger partial charge in [0.05, 0.1) is 11.0 Å². The number of carbonyl (C=O) groups is 5. The normalized spacial score (nSPS) is 21.5. The molecule has 0 saturated carbocycles. The van der Waals surface area contributed by atoms with E-state index in [2.05, 4.69) is 10.1 Å². The number of ether oxygens (including phenoxy) is 2. The lowest BCUT2D eigenvalue weighted by Crippen LogP contribution is -2.61. The second-order valence-electron chi connectivity index (χ2n) is 8.34. The molecule has 34 heavy (non-hydrogen) atoms. The van der Waals surface area contributed by atoms with Crippen LogP contribution in [0.3, 0.4) is 0 Å². The number of thiophene rings is 1. The molecule has 3 amide bonds. The van der Waals surface area contributed by atoms with Gasteiger partial charge in [-0.1, -0.05) is 6.07 Å². The second-order valence-corrected chi connectivity index (χ2v) is 10.6. The second kappa shape index (κ2) is 10.6. The van der Waals surface area contributed by atoms with Crippen molar-refractivity contribution >= 4 is 53.3 Å². The number of carbonyl (C=O) groups excluding carboxylic acids is 5. The van der Waals surface area contributed by atoms with Crippen molar-refractivity contribution in [3.05, 3.63) is 34.2 Å². The van der Waals surface area contributed by atoms with Crippen molar-refractivity contribution in [3.63, 3.8) is 0 Å². The fourth-order valence-electron chi connectivity index (χ4n) is 3.27. The number of esters is 2. The van der Waals surface area contributed by atoms with Crippen molar-refractivity contribution in [2.75, 3.05) is 13.3 Å². The van der Waals surface area contributed by atoms with Crippen molar-refractivity contribution in [1.29, 1.82) is 0 Å². The van der Waals surface area contributed by atoms with E-state index < -0.39 is 46.9 Å². The SMILES string of the molecule is CC(=O)OCOC(=O)C1=CC(NC(=O)CN(C=O)OC(C)(C)C)S[C@@H]2C(c3cccs3)C(=O)N12. The zero-order valence-electron chi connectivity index (χ0n) is 19.0. The van der Waals surface area contributed by atoms with Crippen molar-refractivity contribution < 1.29 is 38.3 Å². The maximum Gasteiger partial charge on any atom is 0.357 e. The van der Waals surface area contributed by atoms with Crippen LogP contribution in [-0.2, 0) is 38.3 Å². The van der Waals surface area contributed by atoms with E-state index in [0.717, 1.165) is 9.94 Å². The summed E-state index contributed by atoms with van der Waals surface area (Å²) in [5, 5.41) is 4.33. The van der Waals surface area contributed by atoms with Crippen LogP contribution in [0, 0.1) is 0 Å². The average molecular weight is 512 g/mol. The lowest BCUT2D eigenvalue weighted by atomic mass is 9.95. The van der Waals surface area contributed by atoms with E-state index in [9.17, 15) is 24.0 Å². The summed E-state index contributed by atoms with van der Waals surface area (Å²) in [6, 6.07) is 3.66. The molecule has 1 N–H and O–H groups in total. The smallest absolute Gasteiger partial charge is 0.357 e. The molecule has 2 unspecified atom stereocenters. The molecule has 11 nitrogen and oxygen atoms in total. The first-order chi connectivity index (χ1) is 16.0. The van der Waals surface area contributed by atoms with Gasteiger partial charge in [0.25, 0.3) is 0 Å². The molecule has 1 saturated heterocycles. The molecule has 0 spiro atoms. The van der Waals surface area contributed by atoms with Gasteiger partial charge in [-0.3, -0.25) is 28.9 Å². The van der Waals surface area contributed by atoms with Gasteiger partial charge in [0, 0.05) is 11.8 Å². The molecular formula is C21H25N3O8S2. The Balaban J connectivity index is 1.75. The van der Waals surface area contributed by atoms with Crippen LogP contribution in [0.5, 0.6) is 0 Å². The number of thioether (sulfide) groups is 1. The number of β-lactam (4-membered cyclic amide) rings is 1. The molecule has 3 atom stereocenters. The lowest BCUT2D eigenvalue weighted by molar-refractivity contribution is -0.215. The third-order valence-corrected chi connectivity index (χ3v) is 6.78. The number of nitrogens with one attached hydrogen (secondary N) is 1. The molecule has 1 aromatic rings. The fraction of sp³-hybridized carbons (Fsp3) is 0.476. The highest BCUT2D eigenvalue weighted by atomic mass is 32.2. The monoisotopic (exact) mass is 511 g/mol. The molecule has 3 heterocycles. The lowest BCUT2D eigenvalue weighted by Gasteiger charge is -2.49. The predicted molar refractivity (Wildman–Crippen MR) is 122 cm³/mol. The molecule has 1 fully saturated rings. The number of hydrogen-bond donors (Lipinski definition) is 1. The van der Waals surface area contributed by atoms with Crippen LogP contribution in [-0.4, -0.2) is 69.8 Å². The fourth-order valence-corrected chi connectivity index (χ4v) is 5.67. The number of nitrogens with zero attached hydrogens (tertiary/aromatic N) is 2. The first-order valence-electron chi connectivity index (χ1n) is 10.2. The van der Waals surface area contributed by atoms with E-state index in [0.29, 0.717) is 6.41 Å². The summed E-state index contributed by atoms with van der Waals surface area (Å²) in [7, 11) is 0. The number of hydroxylamine groups is 2. The largest absolute Gasteiger partial charge is 0.428 e. The average Bonchev–Trinajstić information content (AvgIpc) is 3.24. The Labute approximate surface area is 204 Å². The highest BCUT2D eigenvalue weighted by molar-refractivity contribution is 8.00. The molecule has 2 aliphatic heterocycles. The maximum absolute atomic E-state index is 12.9. The van der Waals surface area contributed by atoms with Crippen LogP contribution < -0.4 is 5.32 Å². The zero-order valence-corrected chi connectivity index (χ0v) is 20.6. The Kier molecular flexibility index (Phi) is 8.00. The summed E-state index contributed by atoms with van der Waals surface area (Å²) in [6.45, 7) is 5.42. The molecular weight excluding hydrogens is 486 g/mol. The van der Waals surface area contributed by atoms with Gasteiger partial charge in [-0.2, -0.15) is 0 Å². The van der Waals surface area contributed by atoms with E-state index in [4.69, 9.17) is 9.57 Å². The quantitative estimate of drug-likeness (QED) is 0.171. The van der Waals surface area contributed by atoms with Crippen LogP contribution in [0.15, 0.2) is 29.3 Å². The summed E-state index contributed by atoms with van der Waals surface area (Å²) in [6.07, 6.45) is 1.80. The van der Waals surface area contributed by atoms with E-state index in [-0.39, 0.29) is 18.1 Å². The van der Waals surface area contributed by atoms with Crippen LogP contribution in [0.1, 0.15) is 38.5 Å². The molecule has 2 aliphatic rings. The minimum Gasteiger partial charge on any atom is -0.428 e. The third-order valence-electron chi connectivity index (χ3n) is 4.52. The minimum atomic E-state index is -0.866. The van der Waals surface area contributed by atoms with E-state index in [1.54, 1.807) is 20.8 Å². The van der Waals surface area contributed by atoms with E-state index in [1.807, 2.05) is 17.5 Å². The van der Waals surface area contributed by atoms with Gasteiger partial charge < -0.3 is 14.8 Å².